The van der Waals surface area contributed by atoms with Gasteiger partial charge in [-0.25, -0.2) is 4.79 Å². The van der Waals surface area contributed by atoms with Gasteiger partial charge in [-0.2, -0.15) is 0 Å². The molecule has 0 bridgehead atoms. The molecule has 1 fully saturated rings. The molecule has 8 heteroatoms. The molecule has 0 spiro atoms. The lowest BCUT2D eigenvalue weighted by Gasteiger charge is -2.17. The predicted octanol–water partition coefficient (Wildman–Crippen LogP) is -0.291. The van der Waals surface area contributed by atoms with Crippen LogP contribution in [0.2, 0.25) is 0 Å². The maximum atomic E-state index is 12.4. The Morgan fingerprint density at radius 3 is 2.73 bits per heavy atom. The molecule has 1 aromatic rings. The molecule has 0 aromatic carbocycles. The molecular weight excluding hydrogens is 294 g/mol. The third kappa shape index (κ3) is 3.29. The Hall–Kier alpha value is -1.51. The van der Waals surface area contributed by atoms with Crippen LogP contribution in [0.15, 0.2) is 15.8 Å². The SMILES string of the molecule is Cc1cn(C2CC(O)C(CO)O2)c(=O)n(CCCC[18F])c1=O. The number of aliphatic hydroxyl groups is 2. The number of nitrogens with zero attached hydrogens (tertiary/aromatic N) is 2. The second-order valence-corrected chi connectivity index (χ2v) is 5.47. The summed E-state index contributed by atoms with van der Waals surface area (Å²) in [6, 6.07) is 0. The first-order chi connectivity index (χ1) is 10.5. The third-order valence-electron chi connectivity index (χ3n) is 3.83. The van der Waals surface area contributed by atoms with Crippen molar-refractivity contribution in [2.45, 2.75) is 51.2 Å². The molecule has 2 rings (SSSR count). The molecule has 7 nitrogen and oxygen atoms in total. The highest BCUT2D eigenvalue weighted by Gasteiger charge is 2.35. The lowest BCUT2D eigenvalue weighted by Crippen LogP contribution is -2.42. The molecule has 0 aliphatic carbocycles. The Kier molecular flexibility index (Phi) is 5.49. The number of alkyl halides is 1. The first kappa shape index (κ1) is 16.9. The van der Waals surface area contributed by atoms with E-state index in [1.807, 2.05) is 0 Å². The number of rotatable bonds is 6. The zero-order valence-corrected chi connectivity index (χ0v) is 12.4. The van der Waals surface area contributed by atoms with E-state index in [0.717, 1.165) is 4.57 Å². The summed E-state index contributed by atoms with van der Waals surface area (Å²) < 4.78 is 20.0. The summed E-state index contributed by atoms with van der Waals surface area (Å²) in [6.07, 6.45) is -0.113. The number of halogens is 1. The van der Waals surface area contributed by atoms with Crippen LogP contribution in [-0.2, 0) is 11.3 Å². The molecule has 2 N–H and O–H groups in total. The van der Waals surface area contributed by atoms with E-state index in [0.29, 0.717) is 12.0 Å². The fourth-order valence-corrected chi connectivity index (χ4v) is 2.58. The van der Waals surface area contributed by atoms with E-state index in [1.54, 1.807) is 6.92 Å². The van der Waals surface area contributed by atoms with Crippen LogP contribution >= 0.6 is 0 Å². The smallest absolute Gasteiger partial charge is 0.333 e. The van der Waals surface area contributed by atoms with Crippen LogP contribution in [0, 0.1) is 6.92 Å². The van der Waals surface area contributed by atoms with E-state index in [-0.39, 0.29) is 26.0 Å². The van der Waals surface area contributed by atoms with Gasteiger partial charge >= 0.3 is 5.69 Å². The standard InChI is InChI=1S/C14H21FN2O5/c1-9-7-17(12-6-10(19)11(8-18)22-12)14(21)16(13(9)20)5-3-2-4-15/h7,10-12,18-19H,2-6,8H2,1H3/i15-1. The van der Waals surface area contributed by atoms with Crippen molar-refractivity contribution in [3.8, 4) is 0 Å². The third-order valence-corrected chi connectivity index (χ3v) is 3.83. The van der Waals surface area contributed by atoms with Crippen LogP contribution in [-0.4, -0.2) is 44.8 Å². The average Bonchev–Trinajstić information content (AvgIpc) is 2.87. The zero-order valence-electron chi connectivity index (χ0n) is 12.4. The van der Waals surface area contributed by atoms with Crippen LogP contribution in [0.1, 0.15) is 31.1 Å². The van der Waals surface area contributed by atoms with Crippen molar-refractivity contribution in [1.82, 2.24) is 9.13 Å². The minimum Gasteiger partial charge on any atom is -0.394 e. The molecule has 2 heterocycles. The highest BCUT2D eigenvalue weighted by Crippen LogP contribution is 2.27. The summed E-state index contributed by atoms with van der Waals surface area (Å²) in [5.74, 6) is 0. The summed E-state index contributed by atoms with van der Waals surface area (Å²) >= 11 is 0. The molecule has 1 aliphatic heterocycles. The molecule has 1 saturated heterocycles. The van der Waals surface area contributed by atoms with Crippen LogP contribution in [0.5, 0.6) is 0 Å². The van der Waals surface area contributed by atoms with E-state index in [2.05, 4.69) is 0 Å². The Balaban J connectivity index is 2.33. The second kappa shape index (κ2) is 7.17. The molecule has 3 atom stereocenters. The number of aliphatic hydroxyl groups excluding tert-OH is 2. The average molecular weight is 315 g/mol. The minimum absolute atomic E-state index is 0.141. The fraction of sp³-hybridized carbons (Fsp3) is 0.714. The van der Waals surface area contributed by atoms with E-state index in [1.165, 1.54) is 10.8 Å². The van der Waals surface area contributed by atoms with Gasteiger partial charge in [0.15, 0.2) is 0 Å². The molecule has 0 radical (unpaired) electrons. The molecule has 22 heavy (non-hydrogen) atoms. The van der Waals surface area contributed by atoms with E-state index in [9.17, 15) is 19.1 Å². The number of ether oxygens (including phenoxy) is 1. The molecule has 3 unspecified atom stereocenters. The number of unbranched alkanes of at least 4 members (excludes halogenated alkanes) is 1. The van der Waals surface area contributed by atoms with Crippen molar-refractivity contribution < 1.29 is 19.3 Å². The Morgan fingerprint density at radius 2 is 2.14 bits per heavy atom. The molecular formula is C14H21FN2O5. The predicted molar refractivity (Wildman–Crippen MR) is 76.5 cm³/mol. The van der Waals surface area contributed by atoms with Gasteiger partial charge in [0.2, 0.25) is 0 Å². The van der Waals surface area contributed by atoms with Crippen LogP contribution in [0.3, 0.4) is 0 Å². The highest BCUT2D eigenvalue weighted by atomic mass is 18.2. The molecule has 0 amide bonds. The molecule has 1 aromatic heterocycles. The summed E-state index contributed by atoms with van der Waals surface area (Å²) in [4.78, 5) is 24.5. The van der Waals surface area contributed by atoms with Crippen molar-refractivity contribution in [2.75, 3.05) is 13.3 Å². The van der Waals surface area contributed by atoms with Gasteiger partial charge in [0.25, 0.3) is 5.56 Å². The van der Waals surface area contributed by atoms with Gasteiger partial charge < -0.3 is 14.9 Å². The Labute approximate surface area is 126 Å². The molecule has 0 saturated carbocycles. The number of hydrogen-bond acceptors (Lipinski definition) is 5. The quantitative estimate of drug-likeness (QED) is 0.704. The van der Waals surface area contributed by atoms with Crippen molar-refractivity contribution in [3.63, 3.8) is 0 Å². The van der Waals surface area contributed by atoms with Crippen molar-refractivity contribution in [3.05, 3.63) is 32.6 Å². The summed E-state index contributed by atoms with van der Waals surface area (Å²) in [6.45, 7) is 0.882. The summed E-state index contributed by atoms with van der Waals surface area (Å²) in [7, 11) is 0. The van der Waals surface area contributed by atoms with Gasteiger partial charge in [-0.15, -0.1) is 0 Å². The molecule has 1 aliphatic rings. The minimum atomic E-state index is -0.867. The first-order valence-electron chi connectivity index (χ1n) is 7.32. The topological polar surface area (TPSA) is 93.7 Å². The van der Waals surface area contributed by atoms with E-state index in [4.69, 9.17) is 9.84 Å². The normalized spacial score (nSPS) is 24.8. The lowest BCUT2D eigenvalue weighted by molar-refractivity contribution is -0.0464. The van der Waals surface area contributed by atoms with E-state index < -0.39 is 36.4 Å². The van der Waals surface area contributed by atoms with Crippen molar-refractivity contribution in [1.29, 1.82) is 0 Å². The lowest BCUT2D eigenvalue weighted by atomic mass is 10.2. The zero-order chi connectivity index (χ0) is 16.3. The van der Waals surface area contributed by atoms with Crippen LogP contribution in [0.4, 0.5) is 4.39 Å². The fourth-order valence-electron chi connectivity index (χ4n) is 2.58. The first-order valence-corrected chi connectivity index (χ1v) is 7.32. The van der Waals surface area contributed by atoms with Crippen LogP contribution < -0.4 is 11.2 Å². The maximum absolute atomic E-state index is 12.4. The van der Waals surface area contributed by atoms with Gasteiger partial charge in [-0.1, -0.05) is 0 Å². The second-order valence-electron chi connectivity index (χ2n) is 5.47. The molecule has 124 valence electrons. The van der Waals surface area contributed by atoms with Crippen molar-refractivity contribution >= 4 is 0 Å². The van der Waals surface area contributed by atoms with Gasteiger partial charge in [-0.05, 0) is 19.8 Å². The number of aromatic nitrogens is 2. The highest BCUT2D eigenvalue weighted by molar-refractivity contribution is 5.04. The van der Waals surface area contributed by atoms with Crippen molar-refractivity contribution in [2.24, 2.45) is 0 Å². The number of hydrogen-bond donors (Lipinski definition) is 2. The van der Waals surface area contributed by atoms with Gasteiger partial charge in [-0.3, -0.25) is 18.3 Å². The largest absolute Gasteiger partial charge is 0.394 e. The van der Waals surface area contributed by atoms with Gasteiger partial charge in [0.05, 0.1) is 19.4 Å². The maximum Gasteiger partial charge on any atom is 0.333 e. The monoisotopic (exact) mass is 315 g/mol. The summed E-state index contributed by atoms with van der Waals surface area (Å²) in [5, 5.41) is 18.9. The van der Waals surface area contributed by atoms with Gasteiger partial charge in [0.1, 0.15) is 12.3 Å². The number of aryl methyl sites for hydroxylation is 1. The Morgan fingerprint density at radius 1 is 1.41 bits per heavy atom. The van der Waals surface area contributed by atoms with E-state index >= 15 is 0 Å². The summed E-state index contributed by atoms with van der Waals surface area (Å²) in [5.41, 5.74) is -0.590. The van der Waals surface area contributed by atoms with Crippen LogP contribution in [0.25, 0.3) is 0 Å². The van der Waals surface area contributed by atoms with Gasteiger partial charge in [0, 0.05) is 24.7 Å². The Bertz CT molecular complexity index is 627.